The maximum atomic E-state index is 14.3. The number of fused-ring (bicyclic) bond motifs is 1. The van der Waals surface area contributed by atoms with Gasteiger partial charge < -0.3 is 4.74 Å². The topological polar surface area (TPSA) is 9.23 Å². The standard InChI is InChI=1S/C20H25FO/c1-14-3-5-15(6-4-14)7-8-17-11-16-9-10-19(22-2)12-18(16)13-20(17)21/h9-15H,3-8H2,1-2H3. The second-order valence-electron chi connectivity index (χ2n) is 6.82. The number of aryl methyl sites for hydroxylation is 1. The van der Waals surface area contributed by atoms with Gasteiger partial charge in [0.25, 0.3) is 0 Å². The van der Waals surface area contributed by atoms with Crippen LogP contribution in [-0.2, 0) is 6.42 Å². The first kappa shape index (κ1) is 15.3. The van der Waals surface area contributed by atoms with E-state index in [1.54, 1.807) is 13.2 Å². The van der Waals surface area contributed by atoms with E-state index >= 15 is 0 Å². The van der Waals surface area contributed by atoms with Crippen LogP contribution >= 0.6 is 0 Å². The first-order chi connectivity index (χ1) is 10.7. The van der Waals surface area contributed by atoms with E-state index in [9.17, 15) is 4.39 Å². The summed E-state index contributed by atoms with van der Waals surface area (Å²) in [6, 6.07) is 9.50. The van der Waals surface area contributed by atoms with Crippen molar-refractivity contribution in [2.75, 3.05) is 7.11 Å². The van der Waals surface area contributed by atoms with Crippen LogP contribution in [0.1, 0.15) is 44.6 Å². The van der Waals surface area contributed by atoms with Crippen LogP contribution in [0.25, 0.3) is 10.8 Å². The van der Waals surface area contributed by atoms with Gasteiger partial charge in [-0.1, -0.05) is 38.7 Å². The van der Waals surface area contributed by atoms with Crippen molar-refractivity contribution >= 4 is 10.8 Å². The van der Waals surface area contributed by atoms with Crippen molar-refractivity contribution in [3.8, 4) is 5.75 Å². The van der Waals surface area contributed by atoms with Gasteiger partial charge in [-0.15, -0.1) is 0 Å². The molecule has 0 aliphatic heterocycles. The van der Waals surface area contributed by atoms with Gasteiger partial charge in [-0.3, -0.25) is 0 Å². The predicted molar refractivity (Wildman–Crippen MR) is 89.9 cm³/mol. The van der Waals surface area contributed by atoms with E-state index in [0.29, 0.717) is 0 Å². The molecule has 2 heteroatoms. The molecule has 0 unspecified atom stereocenters. The Labute approximate surface area is 132 Å². The zero-order valence-electron chi connectivity index (χ0n) is 13.6. The molecule has 2 aromatic carbocycles. The van der Waals surface area contributed by atoms with Crippen molar-refractivity contribution in [2.24, 2.45) is 11.8 Å². The molecular formula is C20H25FO. The summed E-state index contributed by atoms with van der Waals surface area (Å²) in [6.45, 7) is 2.34. The Balaban J connectivity index is 1.72. The molecule has 1 fully saturated rings. The number of benzene rings is 2. The SMILES string of the molecule is COc1ccc2cc(CCC3CCC(C)CC3)c(F)cc2c1. The van der Waals surface area contributed by atoms with Crippen molar-refractivity contribution in [1.82, 2.24) is 0 Å². The summed E-state index contributed by atoms with van der Waals surface area (Å²) in [7, 11) is 1.64. The summed E-state index contributed by atoms with van der Waals surface area (Å²) in [5.74, 6) is 2.35. The molecule has 1 aliphatic carbocycles. The fourth-order valence-electron chi connectivity index (χ4n) is 3.59. The molecule has 1 nitrogen and oxygen atoms in total. The number of rotatable bonds is 4. The van der Waals surface area contributed by atoms with Gasteiger partial charge in [-0.25, -0.2) is 4.39 Å². The third-order valence-electron chi connectivity index (χ3n) is 5.17. The summed E-state index contributed by atoms with van der Waals surface area (Å²) in [5.41, 5.74) is 0.858. The largest absolute Gasteiger partial charge is 0.497 e. The Morgan fingerprint density at radius 1 is 1.05 bits per heavy atom. The molecule has 0 spiro atoms. The molecule has 0 atom stereocenters. The molecule has 1 aliphatic rings. The van der Waals surface area contributed by atoms with Crippen LogP contribution in [0.3, 0.4) is 0 Å². The highest BCUT2D eigenvalue weighted by atomic mass is 19.1. The Kier molecular flexibility index (Phi) is 4.66. The third-order valence-corrected chi connectivity index (χ3v) is 5.17. The number of halogens is 1. The molecule has 22 heavy (non-hydrogen) atoms. The smallest absolute Gasteiger partial charge is 0.127 e. The maximum Gasteiger partial charge on any atom is 0.127 e. The second kappa shape index (κ2) is 6.68. The average molecular weight is 300 g/mol. The average Bonchev–Trinajstić information content (AvgIpc) is 2.54. The van der Waals surface area contributed by atoms with Crippen molar-refractivity contribution in [2.45, 2.75) is 45.4 Å². The molecule has 0 heterocycles. The first-order valence-electron chi connectivity index (χ1n) is 8.42. The van der Waals surface area contributed by atoms with Crippen LogP contribution in [-0.4, -0.2) is 7.11 Å². The molecule has 3 rings (SSSR count). The molecule has 0 N–H and O–H groups in total. The molecule has 0 bridgehead atoms. The maximum absolute atomic E-state index is 14.3. The minimum atomic E-state index is -0.0788. The van der Waals surface area contributed by atoms with Crippen LogP contribution in [0.15, 0.2) is 30.3 Å². The lowest BCUT2D eigenvalue weighted by atomic mass is 9.80. The van der Waals surface area contributed by atoms with Gasteiger partial charge in [-0.05, 0) is 65.3 Å². The molecule has 0 radical (unpaired) electrons. The highest BCUT2D eigenvalue weighted by Gasteiger charge is 2.18. The normalized spacial score (nSPS) is 22.0. The fourth-order valence-corrected chi connectivity index (χ4v) is 3.59. The zero-order valence-corrected chi connectivity index (χ0v) is 13.6. The van der Waals surface area contributed by atoms with Crippen LogP contribution in [0.4, 0.5) is 4.39 Å². The minimum absolute atomic E-state index is 0.0788. The highest BCUT2D eigenvalue weighted by Crippen LogP contribution is 2.32. The van der Waals surface area contributed by atoms with E-state index in [1.807, 2.05) is 24.3 Å². The van der Waals surface area contributed by atoms with Gasteiger partial charge in [0.15, 0.2) is 0 Å². The number of methoxy groups -OCH3 is 1. The minimum Gasteiger partial charge on any atom is -0.497 e. The molecule has 0 amide bonds. The van der Waals surface area contributed by atoms with Crippen molar-refractivity contribution in [1.29, 1.82) is 0 Å². The molecule has 1 saturated carbocycles. The van der Waals surface area contributed by atoms with Crippen LogP contribution in [0.2, 0.25) is 0 Å². The number of hydrogen-bond donors (Lipinski definition) is 0. The van der Waals surface area contributed by atoms with Gasteiger partial charge >= 0.3 is 0 Å². The summed E-state index contributed by atoms with van der Waals surface area (Å²) in [5, 5.41) is 2.00. The summed E-state index contributed by atoms with van der Waals surface area (Å²) >= 11 is 0. The summed E-state index contributed by atoms with van der Waals surface area (Å²) in [6.07, 6.45) is 7.27. The van der Waals surface area contributed by atoms with Gasteiger partial charge in [0, 0.05) is 0 Å². The number of ether oxygens (including phenoxy) is 1. The van der Waals surface area contributed by atoms with Gasteiger partial charge in [0.2, 0.25) is 0 Å². The van der Waals surface area contributed by atoms with Gasteiger partial charge in [0.1, 0.15) is 11.6 Å². The lowest BCUT2D eigenvalue weighted by Crippen LogP contribution is -2.13. The fraction of sp³-hybridized carbons (Fsp3) is 0.500. The van der Waals surface area contributed by atoms with Crippen molar-refractivity contribution in [3.05, 3.63) is 41.7 Å². The summed E-state index contributed by atoms with van der Waals surface area (Å²) in [4.78, 5) is 0. The van der Waals surface area contributed by atoms with E-state index in [0.717, 1.165) is 46.8 Å². The quantitative estimate of drug-likeness (QED) is 0.699. The summed E-state index contributed by atoms with van der Waals surface area (Å²) < 4.78 is 19.5. The van der Waals surface area contributed by atoms with Crippen molar-refractivity contribution < 1.29 is 9.13 Å². The molecule has 0 aromatic heterocycles. The van der Waals surface area contributed by atoms with Crippen LogP contribution < -0.4 is 4.74 Å². The second-order valence-corrected chi connectivity index (χ2v) is 6.82. The van der Waals surface area contributed by atoms with E-state index in [-0.39, 0.29) is 5.82 Å². The first-order valence-corrected chi connectivity index (χ1v) is 8.42. The Bertz CT molecular complexity index is 641. The van der Waals surface area contributed by atoms with E-state index in [1.165, 1.54) is 25.7 Å². The molecule has 0 saturated heterocycles. The van der Waals surface area contributed by atoms with Gasteiger partial charge in [0.05, 0.1) is 7.11 Å². The lowest BCUT2D eigenvalue weighted by molar-refractivity contribution is 0.277. The van der Waals surface area contributed by atoms with Crippen LogP contribution in [0.5, 0.6) is 5.75 Å². The predicted octanol–water partition coefficient (Wildman–Crippen LogP) is 5.75. The van der Waals surface area contributed by atoms with Crippen molar-refractivity contribution in [3.63, 3.8) is 0 Å². The van der Waals surface area contributed by atoms with Crippen LogP contribution in [0, 0.1) is 17.7 Å². The Morgan fingerprint density at radius 3 is 2.55 bits per heavy atom. The Morgan fingerprint density at radius 2 is 1.82 bits per heavy atom. The van der Waals surface area contributed by atoms with Gasteiger partial charge in [-0.2, -0.15) is 0 Å². The molecule has 118 valence electrons. The monoisotopic (exact) mass is 300 g/mol. The lowest BCUT2D eigenvalue weighted by Gasteiger charge is -2.26. The molecular weight excluding hydrogens is 275 g/mol. The van der Waals surface area contributed by atoms with E-state index in [4.69, 9.17) is 4.74 Å². The van der Waals surface area contributed by atoms with E-state index in [2.05, 4.69) is 6.92 Å². The molecule has 2 aromatic rings. The highest BCUT2D eigenvalue weighted by molar-refractivity contribution is 5.84. The zero-order chi connectivity index (χ0) is 15.5. The van der Waals surface area contributed by atoms with E-state index < -0.39 is 0 Å². The third kappa shape index (κ3) is 3.43. The Hall–Kier alpha value is -1.57. The number of hydrogen-bond acceptors (Lipinski definition) is 1.